The van der Waals surface area contributed by atoms with Crippen molar-refractivity contribution >= 4 is 39.1 Å². The maximum absolute atomic E-state index is 11.7. The van der Waals surface area contributed by atoms with Gasteiger partial charge in [-0.2, -0.15) is 0 Å². The number of aromatic nitrogens is 1. The molecule has 1 saturated carbocycles. The largest absolute Gasteiger partial charge is 0.378 e. The molecule has 2 N–H and O–H groups in total. The Hall–Kier alpha value is -1.62. The third-order valence-electron chi connectivity index (χ3n) is 5.39. The summed E-state index contributed by atoms with van der Waals surface area (Å²) in [6.07, 6.45) is 7.05. The number of nitrogens with zero attached hydrogens (tertiary/aromatic N) is 2. The summed E-state index contributed by atoms with van der Waals surface area (Å²) >= 11 is 3.32. The highest BCUT2D eigenvalue weighted by Crippen LogP contribution is 2.51. The molecular weight excluding hydrogens is 406 g/mol. The van der Waals surface area contributed by atoms with E-state index in [9.17, 15) is 4.21 Å². The minimum atomic E-state index is -0.711. The lowest BCUT2D eigenvalue weighted by atomic mass is 9.88. The minimum absolute atomic E-state index is 0.0184. The lowest BCUT2D eigenvalue weighted by Crippen LogP contribution is -2.55. The van der Waals surface area contributed by atoms with E-state index in [0.29, 0.717) is 22.6 Å². The Morgan fingerprint density at radius 3 is 2.82 bits per heavy atom. The maximum atomic E-state index is 11.7. The SMILES string of the molecule is CC1(c2cc(-c3cncc(C#CC4CC4)c3)cs2)CC2(CS(=O)C2)SC(N)=N1. The average Bonchev–Trinajstić information content (AvgIpc) is 3.31. The number of hydrogen-bond acceptors (Lipinski definition) is 6. The van der Waals surface area contributed by atoms with E-state index in [1.165, 1.54) is 17.7 Å². The van der Waals surface area contributed by atoms with E-state index < -0.39 is 10.8 Å². The lowest BCUT2D eigenvalue weighted by Gasteiger charge is -2.47. The molecule has 0 radical (unpaired) electrons. The van der Waals surface area contributed by atoms with E-state index in [2.05, 4.69) is 41.3 Å². The van der Waals surface area contributed by atoms with Gasteiger partial charge in [0.2, 0.25) is 0 Å². The van der Waals surface area contributed by atoms with E-state index in [0.717, 1.165) is 23.1 Å². The summed E-state index contributed by atoms with van der Waals surface area (Å²) < 4.78 is 11.7. The van der Waals surface area contributed by atoms with Crippen molar-refractivity contribution in [3.05, 3.63) is 40.3 Å². The summed E-state index contributed by atoms with van der Waals surface area (Å²) in [5, 5.41) is 2.77. The summed E-state index contributed by atoms with van der Waals surface area (Å²) in [6.45, 7) is 2.15. The number of rotatable bonds is 2. The van der Waals surface area contributed by atoms with Crippen molar-refractivity contribution in [3.8, 4) is 23.0 Å². The van der Waals surface area contributed by atoms with Crippen LogP contribution < -0.4 is 5.73 Å². The van der Waals surface area contributed by atoms with Crippen molar-refractivity contribution in [2.45, 2.75) is 36.5 Å². The molecule has 1 saturated heterocycles. The number of thioether (sulfide) groups is 1. The van der Waals surface area contributed by atoms with Gasteiger partial charge in [0.1, 0.15) is 0 Å². The number of pyridine rings is 1. The van der Waals surface area contributed by atoms with Crippen molar-refractivity contribution in [1.82, 2.24) is 4.98 Å². The molecule has 7 heteroatoms. The zero-order valence-electron chi connectivity index (χ0n) is 15.6. The molecule has 0 aromatic carbocycles. The predicted molar refractivity (Wildman–Crippen MR) is 119 cm³/mol. The van der Waals surface area contributed by atoms with Crippen LogP contribution in [0.15, 0.2) is 34.9 Å². The van der Waals surface area contributed by atoms with Crippen LogP contribution in [-0.4, -0.2) is 30.6 Å². The molecule has 4 heterocycles. The minimum Gasteiger partial charge on any atom is -0.378 e. The summed E-state index contributed by atoms with van der Waals surface area (Å²) in [5.74, 6) is 8.56. The smallest absolute Gasteiger partial charge is 0.155 e. The molecule has 0 amide bonds. The van der Waals surface area contributed by atoms with Gasteiger partial charge in [0.25, 0.3) is 0 Å². The first-order valence-corrected chi connectivity index (χ1v) is 12.6. The van der Waals surface area contributed by atoms with Crippen LogP contribution in [0.5, 0.6) is 0 Å². The van der Waals surface area contributed by atoms with E-state index in [1.807, 2.05) is 12.4 Å². The molecule has 1 atom stereocenters. The molecule has 2 aliphatic heterocycles. The second-order valence-electron chi connectivity index (χ2n) is 8.12. The number of amidine groups is 1. The second-order valence-corrected chi connectivity index (χ2v) is 12.0. The van der Waals surface area contributed by atoms with Crippen LogP contribution in [0.4, 0.5) is 0 Å². The highest BCUT2D eigenvalue weighted by atomic mass is 32.2. The third-order valence-corrected chi connectivity index (χ3v) is 9.86. The van der Waals surface area contributed by atoms with Gasteiger partial charge in [0.15, 0.2) is 5.17 Å². The van der Waals surface area contributed by atoms with E-state index >= 15 is 0 Å². The number of nitrogens with two attached hydrogens (primary N) is 1. The van der Waals surface area contributed by atoms with Gasteiger partial charge in [-0.1, -0.05) is 23.6 Å². The first kappa shape index (κ1) is 18.4. The fourth-order valence-electron chi connectivity index (χ4n) is 3.89. The quantitative estimate of drug-likeness (QED) is 0.742. The molecule has 1 unspecified atom stereocenters. The topological polar surface area (TPSA) is 68.3 Å². The Morgan fingerprint density at radius 2 is 2.07 bits per heavy atom. The molecule has 144 valence electrons. The van der Waals surface area contributed by atoms with Crippen molar-refractivity contribution in [3.63, 3.8) is 0 Å². The molecule has 2 aromatic rings. The van der Waals surface area contributed by atoms with Crippen molar-refractivity contribution in [2.75, 3.05) is 11.5 Å². The molecule has 2 aromatic heterocycles. The first-order valence-electron chi connectivity index (χ1n) is 9.38. The predicted octanol–water partition coefficient (Wildman–Crippen LogP) is 3.74. The van der Waals surface area contributed by atoms with Gasteiger partial charge in [-0.15, -0.1) is 11.3 Å². The van der Waals surface area contributed by atoms with Crippen molar-refractivity contribution in [1.29, 1.82) is 0 Å². The van der Waals surface area contributed by atoms with Crippen LogP contribution >= 0.6 is 23.1 Å². The van der Waals surface area contributed by atoms with Crippen molar-refractivity contribution in [2.24, 2.45) is 16.6 Å². The Bertz CT molecular complexity index is 1050. The van der Waals surface area contributed by atoms with Gasteiger partial charge in [-0.3, -0.25) is 14.2 Å². The van der Waals surface area contributed by atoms with Crippen LogP contribution in [-0.2, 0) is 16.3 Å². The molecule has 0 bridgehead atoms. The van der Waals surface area contributed by atoms with Crippen LogP contribution in [0.2, 0.25) is 0 Å². The Balaban J connectivity index is 1.43. The van der Waals surface area contributed by atoms with E-state index in [-0.39, 0.29) is 10.3 Å². The molecule has 3 aliphatic rings. The monoisotopic (exact) mass is 427 g/mol. The zero-order valence-corrected chi connectivity index (χ0v) is 18.1. The second kappa shape index (κ2) is 6.72. The molecule has 2 fully saturated rings. The first-order chi connectivity index (χ1) is 13.4. The van der Waals surface area contributed by atoms with Gasteiger partial charge < -0.3 is 5.73 Å². The molecule has 1 spiro atoms. The Morgan fingerprint density at radius 1 is 1.25 bits per heavy atom. The average molecular weight is 428 g/mol. The highest BCUT2D eigenvalue weighted by molar-refractivity contribution is 8.16. The van der Waals surface area contributed by atoms with Gasteiger partial charge in [-0.25, -0.2) is 0 Å². The number of aliphatic imine (C=N–C) groups is 1. The summed E-state index contributed by atoms with van der Waals surface area (Å²) in [7, 11) is -0.711. The van der Waals surface area contributed by atoms with Gasteiger partial charge in [-0.05, 0) is 49.3 Å². The van der Waals surface area contributed by atoms with Crippen LogP contribution in [0, 0.1) is 17.8 Å². The standard InChI is InChI=1S/C21H21N3OS3/c1-20(11-21(12-28(25)13-21)27-19(22)24-20)18-7-17(10-26-18)16-6-15(8-23-9-16)5-4-14-2-3-14/h6-10,14H,2-3,11-13H2,1H3,(H2,22,24). The fourth-order valence-corrected chi connectivity index (χ4v) is 8.51. The van der Waals surface area contributed by atoms with Crippen LogP contribution in [0.25, 0.3) is 11.1 Å². The van der Waals surface area contributed by atoms with Gasteiger partial charge in [0.05, 0.1) is 5.54 Å². The molecule has 4 nitrogen and oxygen atoms in total. The van der Waals surface area contributed by atoms with Crippen LogP contribution in [0.3, 0.4) is 0 Å². The summed E-state index contributed by atoms with van der Waals surface area (Å²) in [6, 6.07) is 4.32. The third kappa shape index (κ3) is 3.54. The van der Waals surface area contributed by atoms with Gasteiger partial charge in [0, 0.05) is 61.4 Å². The highest BCUT2D eigenvalue weighted by Gasteiger charge is 2.52. The molecule has 28 heavy (non-hydrogen) atoms. The van der Waals surface area contributed by atoms with Crippen LogP contribution in [0.1, 0.15) is 36.6 Å². The normalized spacial score (nSPS) is 31.6. The summed E-state index contributed by atoms with van der Waals surface area (Å²) in [4.78, 5) is 10.4. The van der Waals surface area contributed by atoms with Crippen molar-refractivity contribution < 1.29 is 4.21 Å². The zero-order chi connectivity index (χ0) is 19.4. The maximum Gasteiger partial charge on any atom is 0.155 e. The summed E-state index contributed by atoms with van der Waals surface area (Å²) in [5.41, 5.74) is 9.00. The molecular formula is C21H21N3OS3. The molecule has 1 aliphatic carbocycles. The van der Waals surface area contributed by atoms with E-state index in [4.69, 9.17) is 10.7 Å². The van der Waals surface area contributed by atoms with Gasteiger partial charge >= 0.3 is 0 Å². The fraction of sp³-hybridized carbons (Fsp3) is 0.429. The Labute approximate surface area is 175 Å². The number of hydrogen-bond donors (Lipinski definition) is 1. The molecule has 5 rings (SSSR count). The van der Waals surface area contributed by atoms with E-state index in [1.54, 1.807) is 23.1 Å². The lowest BCUT2D eigenvalue weighted by molar-refractivity contribution is 0.402. The Kier molecular flexibility index (Phi) is 4.42. The number of thiophene rings is 1.